The Morgan fingerprint density at radius 3 is 1.94 bits per heavy atom. The molecule has 0 spiro atoms. The molecule has 0 atom stereocenters. The summed E-state index contributed by atoms with van der Waals surface area (Å²) in [5, 5.41) is 0. The predicted molar refractivity (Wildman–Crippen MR) is 141 cm³/mol. The van der Waals surface area contributed by atoms with Gasteiger partial charge < -0.3 is 4.57 Å². The standard InChI is InChI=1S/C26H22Br2N2O3S/c27-23-11-13-25(28)22(15-23)18-29-19-24(12-14-26(29)31)34(32,33)30(16-20-7-3-1-4-8-20)17-21-9-5-2-6-10-21/h1-15,19H,16-18H2. The maximum atomic E-state index is 13.8. The fourth-order valence-corrected chi connectivity index (χ4v) is 5.80. The summed E-state index contributed by atoms with van der Waals surface area (Å²) in [6, 6.07) is 27.3. The maximum Gasteiger partial charge on any atom is 0.250 e. The highest BCUT2D eigenvalue weighted by molar-refractivity contribution is 9.11. The summed E-state index contributed by atoms with van der Waals surface area (Å²) in [4.78, 5) is 12.7. The molecule has 4 aromatic rings. The van der Waals surface area contributed by atoms with Gasteiger partial charge in [0.1, 0.15) is 0 Å². The molecule has 8 heteroatoms. The number of hydrogen-bond donors (Lipinski definition) is 0. The van der Waals surface area contributed by atoms with Crippen LogP contribution in [-0.4, -0.2) is 17.3 Å². The van der Waals surface area contributed by atoms with E-state index in [1.54, 1.807) is 0 Å². The second-order valence-electron chi connectivity index (χ2n) is 7.81. The summed E-state index contributed by atoms with van der Waals surface area (Å²) < 4.78 is 32.1. The Labute approximate surface area is 216 Å². The summed E-state index contributed by atoms with van der Waals surface area (Å²) in [7, 11) is -3.89. The van der Waals surface area contributed by atoms with E-state index in [1.807, 2.05) is 78.9 Å². The Balaban J connectivity index is 1.71. The monoisotopic (exact) mass is 600 g/mol. The van der Waals surface area contributed by atoms with Crippen LogP contribution >= 0.6 is 31.9 Å². The molecule has 34 heavy (non-hydrogen) atoms. The quantitative estimate of drug-likeness (QED) is 0.256. The average Bonchev–Trinajstić information content (AvgIpc) is 2.83. The zero-order chi connectivity index (χ0) is 24.1. The highest BCUT2D eigenvalue weighted by Gasteiger charge is 2.26. The third kappa shape index (κ3) is 5.93. The van der Waals surface area contributed by atoms with Crippen LogP contribution in [0.15, 0.2) is 116 Å². The fraction of sp³-hybridized carbons (Fsp3) is 0.115. The lowest BCUT2D eigenvalue weighted by Gasteiger charge is -2.23. The van der Waals surface area contributed by atoms with Crippen LogP contribution < -0.4 is 5.56 Å². The number of benzene rings is 3. The number of aromatic nitrogens is 1. The van der Waals surface area contributed by atoms with E-state index in [4.69, 9.17) is 0 Å². The van der Waals surface area contributed by atoms with Gasteiger partial charge in [0.25, 0.3) is 5.56 Å². The van der Waals surface area contributed by atoms with Crippen LogP contribution in [0.4, 0.5) is 0 Å². The van der Waals surface area contributed by atoms with Crippen LogP contribution in [0.3, 0.4) is 0 Å². The molecule has 0 radical (unpaired) electrons. The molecular weight excluding hydrogens is 580 g/mol. The zero-order valence-electron chi connectivity index (χ0n) is 18.1. The molecule has 1 aromatic heterocycles. The van der Waals surface area contributed by atoms with E-state index in [0.717, 1.165) is 25.6 Å². The second-order valence-corrected chi connectivity index (χ2v) is 11.5. The van der Waals surface area contributed by atoms with Crippen molar-refractivity contribution in [3.05, 3.63) is 133 Å². The van der Waals surface area contributed by atoms with Crippen molar-refractivity contribution in [2.24, 2.45) is 0 Å². The van der Waals surface area contributed by atoms with Gasteiger partial charge in [-0.25, -0.2) is 8.42 Å². The van der Waals surface area contributed by atoms with Gasteiger partial charge in [0.2, 0.25) is 10.0 Å². The summed E-state index contributed by atoms with van der Waals surface area (Å²) in [5.74, 6) is 0. The van der Waals surface area contributed by atoms with E-state index < -0.39 is 10.0 Å². The molecule has 4 rings (SSSR count). The molecule has 5 nitrogen and oxygen atoms in total. The third-order valence-corrected chi connectivity index (χ3v) is 8.39. The van der Waals surface area contributed by atoms with Crippen molar-refractivity contribution in [1.82, 2.24) is 8.87 Å². The first-order valence-electron chi connectivity index (χ1n) is 10.6. The minimum absolute atomic E-state index is 0.0741. The lowest BCUT2D eigenvalue weighted by molar-refractivity contribution is 0.400. The predicted octanol–water partition coefficient (Wildman–Crippen LogP) is 5.81. The first kappa shape index (κ1) is 24.6. The molecule has 0 saturated heterocycles. The minimum Gasteiger partial charge on any atom is -0.310 e. The van der Waals surface area contributed by atoms with Gasteiger partial charge in [-0.15, -0.1) is 0 Å². The number of halogens is 2. The van der Waals surface area contributed by atoms with Gasteiger partial charge in [0, 0.05) is 34.3 Å². The molecule has 0 aliphatic heterocycles. The van der Waals surface area contributed by atoms with Crippen molar-refractivity contribution in [3.63, 3.8) is 0 Å². The third-order valence-electron chi connectivity index (χ3n) is 5.35. The molecule has 0 bridgehead atoms. The highest BCUT2D eigenvalue weighted by atomic mass is 79.9. The lowest BCUT2D eigenvalue weighted by atomic mass is 10.2. The molecule has 0 unspecified atom stereocenters. The summed E-state index contributed by atoms with van der Waals surface area (Å²) in [6.07, 6.45) is 1.42. The molecule has 0 saturated carbocycles. The Bertz CT molecular complexity index is 1400. The molecule has 174 valence electrons. The Kier molecular flexibility index (Phi) is 7.83. The van der Waals surface area contributed by atoms with Crippen LogP contribution in [0.25, 0.3) is 0 Å². The molecular formula is C26H22Br2N2O3S. The van der Waals surface area contributed by atoms with E-state index in [1.165, 1.54) is 27.2 Å². The van der Waals surface area contributed by atoms with Crippen LogP contribution in [0, 0.1) is 0 Å². The van der Waals surface area contributed by atoms with Gasteiger partial charge in [0.15, 0.2) is 0 Å². The molecule has 1 heterocycles. The molecule has 3 aromatic carbocycles. The maximum absolute atomic E-state index is 13.8. The highest BCUT2D eigenvalue weighted by Crippen LogP contribution is 2.24. The molecule has 0 aliphatic carbocycles. The van der Waals surface area contributed by atoms with Crippen LogP contribution in [-0.2, 0) is 29.7 Å². The van der Waals surface area contributed by atoms with Crippen LogP contribution in [0.5, 0.6) is 0 Å². The average molecular weight is 602 g/mol. The van der Waals surface area contributed by atoms with Crippen LogP contribution in [0.1, 0.15) is 16.7 Å². The minimum atomic E-state index is -3.89. The zero-order valence-corrected chi connectivity index (χ0v) is 22.1. The first-order valence-corrected chi connectivity index (χ1v) is 13.6. The normalized spacial score (nSPS) is 11.6. The fourth-order valence-electron chi connectivity index (χ4n) is 3.58. The van der Waals surface area contributed by atoms with Gasteiger partial charge in [-0.1, -0.05) is 92.5 Å². The number of pyridine rings is 1. The van der Waals surface area contributed by atoms with Crippen molar-refractivity contribution < 1.29 is 8.42 Å². The number of nitrogens with zero attached hydrogens (tertiary/aromatic N) is 2. The van der Waals surface area contributed by atoms with Crippen LogP contribution in [0.2, 0.25) is 0 Å². The summed E-state index contributed by atoms with van der Waals surface area (Å²) in [6.45, 7) is 0.669. The number of sulfonamides is 1. The van der Waals surface area contributed by atoms with E-state index in [9.17, 15) is 13.2 Å². The SMILES string of the molecule is O=c1ccc(S(=O)(=O)N(Cc2ccccc2)Cc2ccccc2)cn1Cc1cc(Br)ccc1Br. The van der Waals surface area contributed by atoms with Gasteiger partial charge >= 0.3 is 0 Å². The smallest absolute Gasteiger partial charge is 0.250 e. The van der Waals surface area contributed by atoms with Gasteiger partial charge in [-0.3, -0.25) is 4.79 Å². The Morgan fingerprint density at radius 2 is 1.35 bits per heavy atom. The first-order chi connectivity index (χ1) is 16.3. The Morgan fingerprint density at radius 1 is 0.765 bits per heavy atom. The lowest BCUT2D eigenvalue weighted by Crippen LogP contribution is -2.31. The largest absolute Gasteiger partial charge is 0.310 e. The van der Waals surface area contributed by atoms with E-state index in [2.05, 4.69) is 31.9 Å². The summed E-state index contributed by atoms with van der Waals surface area (Å²) in [5.41, 5.74) is 2.35. The van der Waals surface area contributed by atoms with Crippen molar-refractivity contribution in [1.29, 1.82) is 0 Å². The van der Waals surface area contributed by atoms with Gasteiger partial charge in [-0.2, -0.15) is 4.31 Å². The van der Waals surface area contributed by atoms with Crippen molar-refractivity contribution in [2.45, 2.75) is 24.5 Å². The molecule has 0 fully saturated rings. The number of rotatable bonds is 8. The topological polar surface area (TPSA) is 59.4 Å². The number of hydrogen-bond acceptors (Lipinski definition) is 3. The van der Waals surface area contributed by atoms with Gasteiger partial charge in [0.05, 0.1) is 11.4 Å². The van der Waals surface area contributed by atoms with Gasteiger partial charge in [-0.05, 0) is 41.0 Å². The Hall–Kier alpha value is -2.52. The van der Waals surface area contributed by atoms with E-state index >= 15 is 0 Å². The van der Waals surface area contributed by atoms with Crippen molar-refractivity contribution in [2.75, 3.05) is 0 Å². The summed E-state index contributed by atoms with van der Waals surface area (Å²) >= 11 is 6.95. The molecule has 0 amide bonds. The molecule has 0 N–H and O–H groups in total. The van der Waals surface area contributed by atoms with E-state index in [0.29, 0.717) is 0 Å². The van der Waals surface area contributed by atoms with Crippen molar-refractivity contribution >= 4 is 41.9 Å². The van der Waals surface area contributed by atoms with E-state index in [-0.39, 0.29) is 30.1 Å². The van der Waals surface area contributed by atoms with Crippen molar-refractivity contribution in [3.8, 4) is 0 Å². The molecule has 0 aliphatic rings. The second kappa shape index (κ2) is 10.8.